The standard InChI is InChI=1S/C6H11N5O5/c1-10(8-14)5(12)7-3-4-16-6(13)11(2)9-15/h3-4H2,1-2H3,(H,7,12). The summed E-state index contributed by atoms with van der Waals surface area (Å²) < 4.78 is 4.51. The fourth-order valence-corrected chi connectivity index (χ4v) is 0.575. The fourth-order valence-electron chi connectivity index (χ4n) is 0.575. The molecule has 3 amide bonds. The van der Waals surface area contributed by atoms with Gasteiger partial charge >= 0.3 is 12.1 Å². The average molecular weight is 233 g/mol. The van der Waals surface area contributed by atoms with Crippen molar-refractivity contribution in [3.8, 4) is 0 Å². The number of rotatable bonds is 5. The Morgan fingerprint density at radius 1 is 1.19 bits per heavy atom. The molecule has 0 spiro atoms. The van der Waals surface area contributed by atoms with Gasteiger partial charge in [0.15, 0.2) is 0 Å². The predicted molar refractivity (Wildman–Crippen MR) is 51.9 cm³/mol. The van der Waals surface area contributed by atoms with E-state index in [1.54, 1.807) is 0 Å². The molecule has 1 N–H and O–H groups in total. The predicted octanol–water partition coefficient (Wildman–Crippen LogP) is 0.0590. The molecule has 0 bridgehead atoms. The number of nitroso groups, excluding NO2 is 2. The Hall–Kier alpha value is -2.26. The zero-order valence-corrected chi connectivity index (χ0v) is 8.74. The van der Waals surface area contributed by atoms with E-state index in [4.69, 9.17) is 0 Å². The van der Waals surface area contributed by atoms with Crippen molar-refractivity contribution in [2.45, 2.75) is 0 Å². The number of carbonyl (C=O) groups excluding carboxylic acids is 2. The van der Waals surface area contributed by atoms with Crippen LogP contribution in [0.4, 0.5) is 9.59 Å². The van der Waals surface area contributed by atoms with Crippen molar-refractivity contribution in [3.05, 3.63) is 9.81 Å². The summed E-state index contributed by atoms with van der Waals surface area (Å²) in [5.74, 6) is 0. The minimum atomic E-state index is -0.939. The molecular weight excluding hydrogens is 222 g/mol. The fraction of sp³-hybridized carbons (Fsp3) is 0.667. The van der Waals surface area contributed by atoms with E-state index in [0.29, 0.717) is 10.0 Å². The summed E-state index contributed by atoms with van der Waals surface area (Å²) in [6.45, 7) is -0.172. The van der Waals surface area contributed by atoms with Gasteiger partial charge in [-0.25, -0.2) is 9.59 Å². The molecule has 10 nitrogen and oxygen atoms in total. The first-order valence-corrected chi connectivity index (χ1v) is 4.11. The van der Waals surface area contributed by atoms with Crippen LogP contribution >= 0.6 is 0 Å². The molecule has 0 aromatic heterocycles. The number of nitrogens with zero attached hydrogens (tertiary/aromatic N) is 4. The molecule has 10 heteroatoms. The van der Waals surface area contributed by atoms with Crippen LogP contribution in [0.25, 0.3) is 0 Å². The van der Waals surface area contributed by atoms with Gasteiger partial charge in [0.05, 0.1) is 17.1 Å². The van der Waals surface area contributed by atoms with Crippen LogP contribution in [0.1, 0.15) is 0 Å². The molecule has 0 saturated carbocycles. The number of urea groups is 1. The van der Waals surface area contributed by atoms with Crippen molar-refractivity contribution < 1.29 is 14.3 Å². The molecule has 16 heavy (non-hydrogen) atoms. The lowest BCUT2D eigenvalue weighted by Gasteiger charge is -2.10. The molecule has 0 saturated heterocycles. The summed E-state index contributed by atoms with van der Waals surface area (Å²) in [5.41, 5.74) is 0. The lowest BCUT2D eigenvalue weighted by molar-refractivity contribution is 0.112. The second-order valence-corrected chi connectivity index (χ2v) is 2.56. The number of amides is 3. The molecule has 0 aliphatic heterocycles. The van der Waals surface area contributed by atoms with Crippen molar-refractivity contribution in [1.82, 2.24) is 15.3 Å². The van der Waals surface area contributed by atoms with E-state index in [9.17, 15) is 19.4 Å². The van der Waals surface area contributed by atoms with Crippen LogP contribution in [-0.4, -0.2) is 49.4 Å². The molecule has 0 unspecified atom stereocenters. The van der Waals surface area contributed by atoms with Crippen LogP contribution in [0, 0.1) is 9.81 Å². The SMILES string of the molecule is CN(N=O)C(=O)NCCOC(=O)N(C)N=O. The molecule has 0 atom stereocenters. The summed E-state index contributed by atoms with van der Waals surface area (Å²) in [7, 11) is 2.29. The van der Waals surface area contributed by atoms with Gasteiger partial charge in [0, 0.05) is 14.1 Å². The van der Waals surface area contributed by atoms with Crippen molar-refractivity contribution in [2.75, 3.05) is 27.2 Å². The van der Waals surface area contributed by atoms with Crippen LogP contribution in [0.2, 0.25) is 0 Å². The zero-order chi connectivity index (χ0) is 12.6. The van der Waals surface area contributed by atoms with Crippen molar-refractivity contribution in [1.29, 1.82) is 0 Å². The van der Waals surface area contributed by atoms with Gasteiger partial charge in [0.1, 0.15) is 6.61 Å². The summed E-state index contributed by atoms with van der Waals surface area (Å²) in [6.07, 6.45) is -0.939. The Kier molecular flexibility index (Phi) is 6.09. The zero-order valence-electron chi connectivity index (χ0n) is 8.74. The third-order valence-corrected chi connectivity index (χ3v) is 1.41. The third-order valence-electron chi connectivity index (χ3n) is 1.41. The Labute approximate surface area is 90.4 Å². The van der Waals surface area contributed by atoms with Gasteiger partial charge in [-0.2, -0.15) is 10.0 Å². The molecule has 0 aliphatic carbocycles. The van der Waals surface area contributed by atoms with Gasteiger partial charge in [0.2, 0.25) is 0 Å². The summed E-state index contributed by atoms with van der Waals surface area (Å²) >= 11 is 0. The topological polar surface area (TPSA) is 121 Å². The lowest BCUT2D eigenvalue weighted by Crippen LogP contribution is -2.36. The molecule has 90 valence electrons. The Morgan fingerprint density at radius 3 is 2.25 bits per heavy atom. The number of nitrogens with one attached hydrogen (secondary N) is 1. The minimum Gasteiger partial charge on any atom is -0.446 e. The number of hydrogen-bond acceptors (Lipinski definition) is 7. The van der Waals surface area contributed by atoms with Gasteiger partial charge in [-0.05, 0) is 0 Å². The van der Waals surface area contributed by atoms with Gasteiger partial charge in [-0.3, -0.25) is 0 Å². The number of hydrogen-bond donors (Lipinski definition) is 1. The Bertz CT molecular complexity index is 254. The van der Waals surface area contributed by atoms with E-state index in [1.165, 1.54) is 7.05 Å². The summed E-state index contributed by atoms with van der Waals surface area (Å²) in [4.78, 5) is 41.5. The van der Waals surface area contributed by atoms with Crippen molar-refractivity contribution in [2.24, 2.45) is 10.6 Å². The van der Waals surface area contributed by atoms with Crippen molar-refractivity contribution >= 4 is 12.1 Å². The van der Waals surface area contributed by atoms with Crippen LogP contribution in [0.5, 0.6) is 0 Å². The molecular formula is C6H11N5O5. The van der Waals surface area contributed by atoms with Gasteiger partial charge in [-0.15, -0.1) is 9.81 Å². The maximum atomic E-state index is 10.9. The molecule has 0 fully saturated rings. The van der Waals surface area contributed by atoms with E-state index in [0.717, 1.165) is 7.05 Å². The molecule has 0 aromatic rings. The van der Waals surface area contributed by atoms with Gasteiger partial charge in [-0.1, -0.05) is 0 Å². The summed E-state index contributed by atoms with van der Waals surface area (Å²) in [6, 6.07) is -0.729. The molecule has 0 heterocycles. The average Bonchev–Trinajstić information content (AvgIpc) is 2.31. The highest BCUT2D eigenvalue weighted by atomic mass is 16.6. The maximum Gasteiger partial charge on any atom is 0.432 e. The molecule has 0 aliphatic rings. The number of carbonyl (C=O) groups is 2. The Morgan fingerprint density at radius 2 is 1.75 bits per heavy atom. The first-order valence-electron chi connectivity index (χ1n) is 4.11. The third kappa shape index (κ3) is 4.83. The van der Waals surface area contributed by atoms with Crippen LogP contribution in [0.15, 0.2) is 10.6 Å². The monoisotopic (exact) mass is 233 g/mol. The second kappa shape index (κ2) is 7.09. The van der Waals surface area contributed by atoms with Gasteiger partial charge < -0.3 is 10.1 Å². The molecule has 0 rings (SSSR count). The largest absolute Gasteiger partial charge is 0.446 e. The number of ether oxygens (including phenoxy) is 1. The van der Waals surface area contributed by atoms with E-state index < -0.39 is 12.1 Å². The highest BCUT2D eigenvalue weighted by Gasteiger charge is 2.10. The normalized spacial score (nSPS) is 8.88. The van der Waals surface area contributed by atoms with E-state index in [-0.39, 0.29) is 13.2 Å². The molecule has 0 radical (unpaired) electrons. The van der Waals surface area contributed by atoms with E-state index in [1.807, 2.05) is 0 Å². The van der Waals surface area contributed by atoms with Gasteiger partial charge in [0.25, 0.3) is 0 Å². The van der Waals surface area contributed by atoms with E-state index >= 15 is 0 Å². The first-order chi connectivity index (χ1) is 7.52. The quantitative estimate of drug-likeness (QED) is 0.408. The minimum absolute atomic E-state index is 0.0167. The highest BCUT2D eigenvalue weighted by Crippen LogP contribution is 1.89. The Balaban J connectivity index is 3.68. The van der Waals surface area contributed by atoms with Crippen LogP contribution in [0.3, 0.4) is 0 Å². The van der Waals surface area contributed by atoms with E-state index in [2.05, 4.69) is 20.6 Å². The van der Waals surface area contributed by atoms with Crippen LogP contribution in [-0.2, 0) is 4.74 Å². The van der Waals surface area contributed by atoms with Crippen LogP contribution < -0.4 is 5.32 Å². The highest BCUT2D eigenvalue weighted by molar-refractivity contribution is 5.73. The first kappa shape index (κ1) is 13.7. The van der Waals surface area contributed by atoms with Crippen molar-refractivity contribution in [3.63, 3.8) is 0 Å². The maximum absolute atomic E-state index is 10.9. The summed E-state index contributed by atoms with van der Waals surface area (Å²) in [5, 5.41) is 7.88. The molecule has 0 aromatic carbocycles. The second-order valence-electron chi connectivity index (χ2n) is 2.56. The lowest BCUT2D eigenvalue weighted by atomic mass is 10.7. The smallest absolute Gasteiger partial charge is 0.432 e.